The number of nitrogens with zero attached hydrogens (tertiary/aromatic N) is 4. The number of nitrogens with one attached hydrogen (secondary N) is 1. The van der Waals surface area contributed by atoms with Crippen molar-refractivity contribution >= 4 is 21.6 Å². The Bertz CT molecular complexity index is 1090. The van der Waals surface area contributed by atoms with Crippen molar-refractivity contribution in [2.75, 3.05) is 18.4 Å². The fourth-order valence-corrected chi connectivity index (χ4v) is 5.03. The number of sulfonamides is 1. The SMILES string of the molecule is O=C(Nc1ccc(-n2cccn2)nc1)c1ccccc1S(=O)(=O)N1CCCCC1. The van der Waals surface area contributed by atoms with Crippen LogP contribution in [-0.4, -0.2) is 46.5 Å². The van der Waals surface area contributed by atoms with Crippen LogP contribution in [0, 0.1) is 0 Å². The first-order valence-electron chi connectivity index (χ1n) is 9.42. The quantitative estimate of drug-likeness (QED) is 0.696. The molecule has 3 heterocycles. The van der Waals surface area contributed by atoms with Crippen LogP contribution >= 0.6 is 0 Å². The van der Waals surface area contributed by atoms with E-state index in [4.69, 9.17) is 0 Å². The highest BCUT2D eigenvalue weighted by Crippen LogP contribution is 2.24. The molecule has 0 spiro atoms. The van der Waals surface area contributed by atoms with E-state index in [1.165, 1.54) is 22.6 Å². The van der Waals surface area contributed by atoms with Crippen molar-refractivity contribution in [2.45, 2.75) is 24.2 Å². The third-order valence-electron chi connectivity index (χ3n) is 4.81. The van der Waals surface area contributed by atoms with Gasteiger partial charge in [0.05, 0.1) is 22.3 Å². The minimum atomic E-state index is -3.72. The van der Waals surface area contributed by atoms with Gasteiger partial charge in [-0.25, -0.2) is 18.1 Å². The van der Waals surface area contributed by atoms with Crippen molar-refractivity contribution in [2.24, 2.45) is 0 Å². The number of hydrogen-bond donors (Lipinski definition) is 1. The van der Waals surface area contributed by atoms with Crippen LogP contribution in [0.15, 0.2) is 66.0 Å². The predicted octanol–water partition coefficient (Wildman–Crippen LogP) is 2.69. The highest BCUT2D eigenvalue weighted by molar-refractivity contribution is 7.89. The molecule has 0 atom stereocenters. The minimum Gasteiger partial charge on any atom is -0.321 e. The molecule has 1 N–H and O–H groups in total. The number of benzene rings is 1. The van der Waals surface area contributed by atoms with E-state index in [-0.39, 0.29) is 10.5 Å². The number of hydrogen-bond acceptors (Lipinski definition) is 5. The molecule has 9 heteroatoms. The van der Waals surface area contributed by atoms with E-state index in [2.05, 4.69) is 15.4 Å². The first-order valence-corrected chi connectivity index (χ1v) is 10.9. The molecule has 0 aliphatic carbocycles. The monoisotopic (exact) mass is 411 g/mol. The number of anilines is 1. The molecule has 1 aliphatic heterocycles. The van der Waals surface area contributed by atoms with Crippen LogP contribution < -0.4 is 5.32 Å². The molecule has 0 bridgehead atoms. The van der Waals surface area contributed by atoms with Gasteiger partial charge in [0.2, 0.25) is 10.0 Å². The van der Waals surface area contributed by atoms with Crippen molar-refractivity contribution in [3.8, 4) is 5.82 Å². The lowest BCUT2D eigenvalue weighted by molar-refractivity contribution is 0.102. The molecule has 2 aromatic heterocycles. The highest BCUT2D eigenvalue weighted by Gasteiger charge is 2.29. The lowest BCUT2D eigenvalue weighted by atomic mass is 10.2. The molecular formula is C20H21N5O3S. The zero-order valence-electron chi connectivity index (χ0n) is 15.7. The number of carbonyl (C=O) groups excluding carboxylic acids is 1. The van der Waals surface area contributed by atoms with Gasteiger partial charge in [-0.05, 0) is 43.2 Å². The lowest BCUT2D eigenvalue weighted by Crippen LogP contribution is -2.36. The molecule has 1 fully saturated rings. The molecule has 0 saturated carbocycles. The molecule has 0 radical (unpaired) electrons. The van der Waals surface area contributed by atoms with E-state index in [1.54, 1.807) is 47.4 Å². The van der Waals surface area contributed by atoms with Gasteiger partial charge in [0.1, 0.15) is 0 Å². The van der Waals surface area contributed by atoms with Gasteiger partial charge in [-0.1, -0.05) is 18.6 Å². The number of piperidine rings is 1. The third-order valence-corrected chi connectivity index (χ3v) is 6.77. The smallest absolute Gasteiger partial charge is 0.257 e. The highest BCUT2D eigenvalue weighted by atomic mass is 32.2. The van der Waals surface area contributed by atoms with Gasteiger partial charge in [-0.15, -0.1) is 0 Å². The summed E-state index contributed by atoms with van der Waals surface area (Å²) in [7, 11) is -3.72. The van der Waals surface area contributed by atoms with Gasteiger partial charge in [0, 0.05) is 25.5 Å². The topological polar surface area (TPSA) is 97.2 Å². The Morgan fingerprint density at radius 1 is 1.00 bits per heavy atom. The maximum Gasteiger partial charge on any atom is 0.257 e. The van der Waals surface area contributed by atoms with Crippen LogP contribution in [0.3, 0.4) is 0 Å². The summed E-state index contributed by atoms with van der Waals surface area (Å²) in [5, 5.41) is 6.84. The number of rotatable bonds is 5. The average molecular weight is 411 g/mol. The van der Waals surface area contributed by atoms with E-state index < -0.39 is 15.9 Å². The molecule has 3 aromatic rings. The summed E-state index contributed by atoms with van der Waals surface area (Å²) in [5.41, 5.74) is 0.588. The number of aromatic nitrogens is 3. The summed E-state index contributed by atoms with van der Waals surface area (Å²) in [6.45, 7) is 0.966. The van der Waals surface area contributed by atoms with Gasteiger partial charge in [-0.3, -0.25) is 4.79 Å². The van der Waals surface area contributed by atoms with E-state index in [0.29, 0.717) is 24.6 Å². The lowest BCUT2D eigenvalue weighted by Gasteiger charge is -2.26. The van der Waals surface area contributed by atoms with Gasteiger partial charge >= 0.3 is 0 Å². The van der Waals surface area contributed by atoms with E-state index in [9.17, 15) is 13.2 Å². The van der Waals surface area contributed by atoms with Crippen LogP contribution in [0.5, 0.6) is 0 Å². The molecule has 150 valence electrons. The van der Waals surface area contributed by atoms with Crippen LogP contribution in [0.4, 0.5) is 5.69 Å². The van der Waals surface area contributed by atoms with E-state index in [0.717, 1.165) is 19.3 Å². The average Bonchev–Trinajstić information content (AvgIpc) is 3.30. The standard InChI is InChI=1S/C20H21N5O3S/c26-20(23-16-9-10-19(21-15-16)25-14-6-11-22-25)17-7-2-3-8-18(17)29(27,28)24-12-4-1-5-13-24/h2-3,6-11,14-15H,1,4-5,12-13H2,(H,23,26). The van der Waals surface area contributed by atoms with Crippen molar-refractivity contribution in [3.63, 3.8) is 0 Å². The Morgan fingerprint density at radius 2 is 1.79 bits per heavy atom. The Kier molecular flexibility index (Phi) is 5.41. The summed E-state index contributed by atoms with van der Waals surface area (Å²) in [6.07, 6.45) is 7.62. The van der Waals surface area contributed by atoms with Crippen LogP contribution in [0.25, 0.3) is 5.82 Å². The van der Waals surface area contributed by atoms with Gasteiger partial charge < -0.3 is 5.32 Å². The molecule has 1 aromatic carbocycles. The second-order valence-corrected chi connectivity index (χ2v) is 8.68. The number of amides is 1. The zero-order chi connectivity index (χ0) is 20.3. The number of carbonyl (C=O) groups is 1. The van der Waals surface area contributed by atoms with Crippen molar-refractivity contribution < 1.29 is 13.2 Å². The summed E-state index contributed by atoms with van der Waals surface area (Å²) >= 11 is 0. The first-order chi connectivity index (χ1) is 14.1. The predicted molar refractivity (Wildman–Crippen MR) is 108 cm³/mol. The van der Waals surface area contributed by atoms with Crippen molar-refractivity contribution in [1.29, 1.82) is 0 Å². The molecule has 1 aliphatic rings. The van der Waals surface area contributed by atoms with Gasteiger partial charge in [0.15, 0.2) is 5.82 Å². The van der Waals surface area contributed by atoms with E-state index in [1.807, 2.05) is 0 Å². The summed E-state index contributed by atoms with van der Waals surface area (Å²) in [5.74, 6) is 0.121. The molecule has 1 amide bonds. The minimum absolute atomic E-state index is 0.0283. The fraction of sp³-hybridized carbons (Fsp3) is 0.250. The molecular weight excluding hydrogens is 390 g/mol. The summed E-state index contributed by atoms with van der Waals surface area (Å²) < 4.78 is 29.2. The van der Waals surface area contributed by atoms with Gasteiger partial charge in [0.25, 0.3) is 5.91 Å². The van der Waals surface area contributed by atoms with Crippen LogP contribution in [0.2, 0.25) is 0 Å². The Hall–Kier alpha value is -3.04. The van der Waals surface area contributed by atoms with E-state index >= 15 is 0 Å². The molecule has 0 unspecified atom stereocenters. The maximum atomic E-state index is 13.1. The second-order valence-electron chi connectivity index (χ2n) is 6.77. The van der Waals surface area contributed by atoms with Crippen molar-refractivity contribution in [3.05, 3.63) is 66.6 Å². The number of pyridine rings is 1. The summed E-state index contributed by atoms with van der Waals surface area (Å²) in [4.78, 5) is 17.1. The molecule has 1 saturated heterocycles. The maximum absolute atomic E-state index is 13.1. The van der Waals surface area contributed by atoms with Gasteiger partial charge in [-0.2, -0.15) is 9.40 Å². The van der Waals surface area contributed by atoms with Crippen LogP contribution in [0.1, 0.15) is 29.6 Å². The van der Waals surface area contributed by atoms with Crippen molar-refractivity contribution in [1.82, 2.24) is 19.1 Å². The molecule has 8 nitrogen and oxygen atoms in total. The summed E-state index contributed by atoms with van der Waals surface area (Å²) in [6, 6.07) is 11.5. The first kappa shape index (κ1) is 19.3. The largest absolute Gasteiger partial charge is 0.321 e. The Labute approximate surface area is 169 Å². The molecule has 4 rings (SSSR count). The van der Waals surface area contributed by atoms with Crippen LogP contribution in [-0.2, 0) is 10.0 Å². The molecule has 29 heavy (non-hydrogen) atoms. The Balaban J connectivity index is 1.56. The normalized spacial score (nSPS) is 15.2. The second kappa shape index (κ2) is 8.14. The zero-order valence-corrected chi connectivity index (χ0v) is 16.5. The Morgan fingerprint density at radius 3 is 2.48 bits per heavy atom. The third kappa shape index (κ3) is 4.06. The fourth-order valence-electron chi connectivity index (χ4n) is 3.32.